The zero-order valence-corrected chi connectivity index (χ0v) is 17.3. The number of carbonyl (C=O) groups excluding carboxylic acids is 1. The molecule has 2 aromatic carbocycles. The van der Waals surface area contributed by atoms with Crippen molar-refractivity contribution in [3.63, 3.8) is 0 Å². The summed E-state index contributed by atoms with van der Waals surface area (Å²) >= 11 is 0. The Hall–Kier alpha value is -4.20. The molecule has 1 aliphatic heterocycles. The number of carbonyl (C=O) groups is 1. The van der Waals surface area contributed by atoms with Crippen molar-refractivity contribution in [3.05, 3.63) is 78.4 Å². The molecule has 1 fully saturated rings. The van der Waals surface area contributed by atoms with Crippen LogP contribution in [0.4, 0.5) is 5.82 Å². The van der Waals surface area contributed by atoms with Crippen LogP contribution in [0, 0.1) is 0 Å². The first kappa shape index (κ1) is 18.6. The highest BCUT2D eigenvalue weighted by atomic mass is 16.2. The SMILES string of the molecule is Nc1nc2cc(-n3cccn3)ccc2c2[nH]c(CN3C[C@@H](c4ccccc4)CC3=O)nc12. The summed E-state index contributed by atoms with van der Waals surface area (Å²) < 4.78 is 1.78. The van der Waals surface area contributed by atoms with Crippen molar-refractivity contribution < 1.29 is 4.79 Å². The highest BCUT2D eigenvalue weighted by Gasteiger charge is 2.31. The van der Waals surface area contributed by atoms with Crippen LogP contribution in [-0.2, 0) is 11.3 Å². The van der Waals surface area contributed by atoms with E-state index in [9.17, 15) is 4.79 Å². The van der Waals surface area contributed by atoms with E-state index >= 15 is 0 Å². The number of pyridine rings is 1. The average molecular weight is 423 g/mol. The molecule has 4 heterocycles. The molecule has 32 heavy (non-hydrogen) atoms. The zero-order chi connectivity index (χ0) is 21.7. The van der Waals surface area contributed by atoms with E-state index in [1.165, 1.54) is 5.56 Å². The Balaban J connectivity index is 1.32. The van der Waals surface area contributed by atoms with Crippen LogP contribution in [0.15, 0.2) is 67.0 Å². The summed E-state index contributed by atoms with van der Waals surface area (Å²) in [6.07, 6.45) is 4.14. The van der Waals surface area contributed by atoms with E-state index in [0.717, 1.165) is 22.1 Å². The van der Waals surface area contributed by atoms with Crippen molar-refractivity contribution in [1.82, 2.24) is 29.6 Å². The Bertz CT molecular complexity index is 1440. The summed E-state index contributed by atoms with van der Waals surface area (Å²) in [6.45, 7) is 1.10. The predicted molar refractivity (Wildman–Crippen MR) is 122 cm³/mol. The number of hydrogen-bond acceptors (Lipinski definition) is 5. The monoisotopic (exact) mass is 423 g/mol. The number of nitrogens with one attached hydrogen (secondary N) is 1. The number of aromatic nitrogens is 5. The largest absolute Gasteiger partial charge is 0.382 e. The van der Waals surface area contributed by atoms with Crippen molar-refractivity contribution in [3.8, 4) is 5.69 Å². The molecule has 1 aliphatic rings. The second-order valence-electron chi connectivity index (χ2n) is 8.14. The lowest BCUT2D eigenvalue weighted by molar-refractivity contribution is -0.128. The average Bonchev–Trinajstić information content (AvgIpc) is 3.55. The van der Waals surface area contributed by atoms with Crippen molar-refractivity contribution in [1.29, 1.82) is 0 Å². The van der Waals surface area contributed by atoms with E-state index in [0.29, 0.717) is 36.7 Å². The van der Waals surface area contributed by atoms with Gasteiger partial charge in [0.1, 0.15) is 11.3 Å². The Labute approximate surface area is 183 Å². The van der Waals surface area contributed by atoms with Gasteiger partial charge in [0.15, 0.2) is 5.82 Å². The minimum absolute atomic E-state index is 0.138. The van der Waals surface area contributed by atoms with Crippen LogP contribution in [0.1, 0.15) is 23.7 Å². The maximum absolute atomic E-state index is 12.6. The Morgan fingerprint density at radius 3 is 2.78 bits per heavy atom. The number of amides is 1. The molecule has 0 saturated carbocycles. The highest BCUT2D eigenvalue weighted by molar-refractivity contribution is 6.06. The lowest BCUT2D eigenvalue weighted by Gasteiger charge is -2.15. The Kier molecular flexibility index (Phi) is 4.17. The molecular formula is C24H21N7O. The maximum Gasteiger partial charge on any atom is 0.223 e. The molecule has 0 bridgehead atoms. The first-order valence-electron chi connectivity index (χ1n) is 10.6. The van der Waals surface area contributed by atoms with E-state index in [1.54, 1.807) is 10.9 Å². The van der Waals surface area contributed by atoms with Crippen molar-refractivity contribution >= 4 is 33.7 Å². The number of nitrogen functional groups attached to an aromatic ring is 1. The van der Waals surface area contributed by atoms with Gasteiger partial charge < -0.3 is 15.6 Å². The normalized spacial score (nSPS) is 16.4. The fraction of sp³-hybridized carbons (Fsp3) is 0.167. The van der Waals surface area contributed by atoms with Gasteiger partial charge in [0.25, 0.3) is 0 Å². The third kappa shape index (κ3) is 3.08. The van der Waals surface area contributed by atoms with Gasteiger partial charge in [0, 0.05) is 36.7 Å². The number of anilines is 1. The summed E-state index contributed by atoms with van der Waals surface area (Å²) in [5, 5.41) is 5.20. The lowest BCUT2D eigenvalue weighted by Crippen LogP contribution is -2.25. The van der Waals surface area contributed by atoms with E-state index in [-0.39, 0.29) is 11.8 Å². The quantitative estimate of drug-likeness (QED) is 0.461. The molecule has 5 aromatic rings. The number of nitrogens with two attached hydrogens (primary N) is 1. The molecule has 3 N–H and O–H groups in total. The fourth-order valence-electron chi connectivity index (χ4n) is 4.50. The van der Waals surface area contributed by atoms with Crippen LogP contribution in [0.2, 0.25) is 0 Å². The molecule has 0 spiro atoms. The molecule has 1 saturated heterocycles. The van der Waals surface area contributed by atoms with E-state index in [1.807, 2.05) is 53.6 Å². The molecule has 158 valence electrons. The molecule has 3 aromatic heterocycles. The molecule has 0 radical (unpaired) electrons. The topological polar surface area (TPSA) is 106 Å². The first-order valence-corrected chi connectivity index (χ1v) is 10.6. The number of benzene rings is 2. The summed E-state index contributed by atoms with van der Waals surface area (Å²) in [6, 6.07) is 18.0. The number of nitrogens with zero attached hydrogens (tertiary/aromatic N) is 5. The molecule has 6 rings (SSSR count). The number of hydrogen-bond donors (Lipinski definition) is 2. The lowest BCUT2D eigenvalue weighted by atomic mass is 9.99. The van der Waals surface area contributed by atoms with Gasteiger partial charge in [0.2, 0.25) is 5.91 Å². The number of imidazole rings is 1. The fourth-order valence-corrected chi connectivity index (χ4v) is 4.50. The first-order chi connectivity index (χ1) is 15.7. The molecule has 8 nitrogen and oxygen atoms in total. The van der Waals surface area contributed by atoms with E-state index in [2.05, 4.69) is 32.2 Å². The van der Waals surface area contributed by atoms with E-state index < -0.39 is 0 Å². The molecule has 0 aliphatic carbocycles. The molecular weight excluding hydrogens is 402 g/mol. The minimum Gasteiger partial charge on any atom is -0.382 e. The number of likely N-dealkylation sites (tertiary alicyclic amines) is 1. The molecule has 8 heteroatoms. The van der Waals surface area contributed by atoms with Gasteiger partial charge in [-0.05, 0) is 29.8 Å². The summed E-state index contributed by atoms with van der Waals surface area (Å²) in [4.78, 5) is 27.1. The number of H-pyrrole nitrogens is 1. The van der Waals surface area contributed by atoms with Gasteiger partial charge >= 0.3 is 0 Å². The van der Waals surface area contributed by atoms with Crippen molar-refractivity contribution in [2.75, 3.05) is 12.3 Å². The molecule has 1 atom stereocenters. The molecule has 1 amide bonds. The van der Waals surface area contributed by atoms with Crippen LogP contribution in [0.5, 0.6) is 0 Å². The third-order valence-corrected chi connectivity index (χ3v) is 6.08. The third-order valence-electron chi connectivity index (χ3n) is 6.08. The van der Waals surface area contributed by atoms with Gasteiger partial charge in [0.05, 0.1) is 23.3 Å². The van der Waals surface area contributed by atoms with Crippen molar-refractivity contribution in [2.24, 2.45) is 0 Å². The van der Waals surface area contributed by atoms with Crippen LogP contribution in [-0.4, -0.2) is 42.1 Å². The van der Waals surface area contributed by atoms with Gasteiger partial charge in [-0.3, -0.25) is 4.79 Å². The second-order valence-corrected chi connectivity index (χ2v) is 8.14. The number of aromatic amines is 1. The smallest absolute Gasteiger partial charge is 0.223 e. The Morgan fingerprint density at radius 2 is 1.97 bits per heavy atom. The minimum atomic E-state index is 0.138. The summed E-state index contributed by atoms with van der Waals surface area (Å²) in [5.74, 6) is 1.42. The summed E-state index contributed by atoms with van der Waals surface area (Å²) in [5.41, 5.74) is 10.6. The Morgan fingerprint density at radius 1 is 1.09 bits per heavy atom. The van der Waals surface area contributed by atoms with Crippen molar-refractivity contribution in [2.45, 2.75) is 18.9 Å². The maximum atomic E-state index is 12.6. The van der Waals surface area contributed by atoms with Crippen LogP contribution in [0.3, 0.4) is 0 Å². The van der Waals surface area contributed by atoms with Gasteiger partial charge in [-0.1, -0.05) is 30.3 Å². The number of fused-ring (bicyclic) bond motifs is 3. The highest BCUT2D eigenvalue weighted by Crippen LogP contribution is 2.31. The van der Waals surface area contributed by atoms with E-state index in [4.69, 9.17) is 5.73 Å². The van der Waals surface area contributed by atoms with Crippen LogP contribution < -0.4 is 5.73 Å². The van der Waals surface area contributed by atoms with Crippen LogP contribution in [0.25, 0.3) is 27.6 Å². The van der Waals surface area contributed by atoms with Gasteiger partial charge in [-0.2, -0.15) is 5.10 Å². The number of rotatable bonds is 4. The van der Waals surface area contributed by atoms with Crippen LogP contribution >= 0.6 is 0 Å². The van der Waals surface area contributed by atoms with Gasteiger partial charge in [-0.25, -0.2) is 14.6 Å². The zero-order valence-electron chi connectivity index (χ0n) is 17.3. The predicted octanol–water partition coefficient (Wildman–Crippen LogP) is 3.40. The van der Waals surface area contributed by atoms with Gasteiger partial charge in [-0.15, -0.1) is 0 Å². The summed E-state index contributed by atoms with van der Waals surface area (Å²) in [7, 11) is 0. The second kappa shape index (κ2) is 7.19. The standard InChI is InChI=1S/C24H21N7O/c25-24-23-22(18-8-7-17(12-19(18)27-24)31-10-4-9-26-31)28-20(29-23)14-30-13-16(11-21(30)32)15-5-2-1-3-6-15/h1-10,12,16H,11,13-14H2,(H2,25,27)(H,28,29)/t16-/m0/s1. The molecule has 0 unspecified atom stereocenters.